The molecule has 3 N–H and O–H groups in total. The fraction of sp³-hybridized carbons (Fsp3) is 1.00. The van der Waals surface area contributed by atoms with Gasteiger partial charge in [0.05, 0.1) is 12.3 Å². The first-order valence-electron chi connectivity index (χ1n) is 4.77. The van der Waals surface area contributed by atoms with Gasteiger partial charge in [0.1, 0.15) is 17.9 Å². The van der Waals surface area contributed by atoms with E-state index in [2.05, 4.69) is 6.92 Å². The molecule has 0 saturated carbocycles. The summed E-state index contributed by atoms with van der Waals surface area (Å²) in [5.41, 5.74) is 0. The molecule has 0 aromatic heterocycles. The van der Waals surface area contributed by atoms with Gasteiger partial charge in [0.25, 0.3) is 0 Å². The molecule has 1 aliphatic heterocycles. The first-order chi connectivity index (χ1) is 6.05. The van der Waals surface area contributed by atoms with E-state index in [1.807, 2.05) is 5.32 Å². The number of rotatable bonds is 4. The van der Waals surface area contributed by atoms with Crippen LogP contribution < -0.4 is 5.32 Å². The van der Waals surface area contributed by atoms with E-state index in [0.29, 0.717) is 0 Å². The lowest BCUT2D eigenvalue weighted by Gasteiger charge is -2.10. The number of aliphatic hydroxyl groups is 1. The molecule has 0 amide bonds. The molecule has 0 spiro atoms. The zero-order valence-corrected chi connectivity index (χ0v) is 8.76. The van der Waals surface area contributed by atoms with Crippen molar-refractivity contribution in [3.05, 3.63) is 0 Å². The minimum atomic E-state index is -2.96. The molecule has 1 heterocycles. The van der Waals surface area contributed by atoms with Gasteiger partial charge in [0.15, 0.2) is 9.84 Å². The lowest BCUT2D eigenvalue weighted by Crippen LogP contribution is -2.92. The predicted octanol–water partition coefficient (Wildman–Crippen LogP) is -1.49. The molecule has 2 atom stereocenters. The fourth-order valence-electron chi connectivity index (χ4n) is 1.62. The van der Waals surface area contributed by atoms with Crippen molar-refractivity contribution in [3.63, 3.8) is 0 Å². The molecular formula is C8H18NO3S+. The van der Waals surface area contributed by atoms with E-state index in [9.17, 15) is 13.5 Å². The highest BCUT2D eigenvalue weighted by Gasteiger charge is 2.38. The van der Waals surface area contributed by atoms with Crippen molar-refractivity contribution in [1.29, 1.82) is 0 Å². The summed E-state index contributed by atoms with van der Waals surface area (Å²) in [4.78, 5) is 0. The summed E-state index contributed by atoms with van der Waals surface area (Å²) in [5.74, 6) is 0.0815. The highest BCUT2D eigenvalue weighted by molar-refractivity contribution is 7.91. The number of sulfone groups is 1. The second-order valence-electron chi connectivity index (χ2n) is 3.69. The number of quaternary nitrogens is 1. The zero-order chi connectivity index (χ0) is 9.90. The van der Waals surface area contributed by atoms with Crippen LogP contribution >= 0.6 is 0 Å². The first kappa shape index (κ1) is 10.9. The van der Waals surface area contributed by atoms with Crippen LogP contribution in [0.25, 0.3) is 0 Å². The van der Waals surface area contributed by atoms with Crippen LogP contribution in [0.1, 0.15) is 19.8 Å². The molecule has 0 aromatic carbocycles. The largest absolute Gasteiger partial charge is 0.386 e. The lowest BCUT2D eigenvalue weighted by molar-refractivity contribution is -0.690. The summed E-state index contributed by atoms with van der Waals surface area (Å²) in [6.07, 6.45) is 1.51. The van der Waals surface area contributed by atoms with Crippen molar-refractivity contribution in [2.45, 2.75) is 31.9 Å². The van der Waals surface area contributed by atoms with Gasteiger partial charge >= 0.3 is 0 Å². The standard InChI is InChI=1S/C8H17NO3S/c1-2-3-4-9-7-5-13(11,12)6-8(7)10/h7-10H,2-6H2,1H3/p+1/t7-,8+/m0/s1. The Morgan fingerprint density at radius 1 is 1.46 bits per heavy atom. The maximum atomic E-state index is 11.1. The normalized spacial score (nSPS) is 32.2. The van der Waals surface area contributed by atoms with E-state index < -0.39 is 15.9 Å². The number of nitrogens with two attached hydrogens (primary N) is 1. The fourth-order valence-corrected chi connectivity index (χ4v) is 3.47. The van der Waals surface area contributed by atoms with Gasteiger partial charge < -0.3 is 10.4 Å². The van der Waals surface area contributed by atoms with Crippen molar-refractivity contribution in [2.75, 3.05) is 18.1 Å². The van der Waals surface area contributed by atoms with E-state index in [-0.39, 0.29) is 17.5 Å². The average Bonchev–Trinajstić information content (AvgIpc) is 2.25. The Balaban J connectivity index is 2.36. The van der Waals surface area contributed by atoms with Crippen LogP contribution in [-0.2, 0) is 9.84 Å². The molecule has 0 radical (unpaired) electrons. The zero-order valence-electron chi connectivity index (χ0n) is 7.94. The number of unbranched alkanes of at least 4 members (excludes halogenated alkanes) is 1. The number of hydrogen-bond acceptors (Lipinski definition) is 3. The third kappa shape index (κ3) is 3.25. The molecule has 0 aromatic rings. The Labute approximate surface area is 79.3 Å². The molecule has 1 aliphatic rings. The quantitative estimate of drug-likeness (QED) is 0.553. The van der Waals surface area contributed by atoms with E-state index >= 15 is 0 Å². The molecule has 0 unspecified atom stereocenters. The minimum absolute atomic E-state index is 0.0553. The van der Waals surface area contributed by atoms with Gasteiger partial charge in [-0.25, -0.2) is 8.42 Å². The molecule has 0 aliphatic carbocycles. The van der Waals surface area contributed by atoms with E-state index in [1.54, 1.807) is 0 Å². The Bertz CT molecular complexity index is 250. The Morgan fingerprint density at radius 3 is 2.62 bits per heavy atom. The highest BCUT2D eigenvalue weighted by atomic mass is 32.2. The van der Waals surface area contributed by atoms with Crippen molar-refractivity contribution in [1.82, 2.24) is 0 Å². The molecule has 78 valence electrons. The van der Waals surface area contributed by atoms with Gasteiger partial charge in [0.2, 0.25) is 0 Å². The number of aliphatic hydroxyl groups excluding tert-OH is 1. The predicted molar refractivity (Wildman–Crippen MR) is 50.1 cm³/mol. The van der Waals surface area contributed by atoms with Crippen LogP contribution in [0, 0.1) is 0 Å². The average molecular weight is 208 g/mol. The second kappa shape index (κ2) is 4.39. The third-order valence-electron chi connectivity index (χ3n) is 2.39. The van der Waals surface area contributed by atoms with Gasteiger partial charge in [-0.3, -0.25) is 0 Å². The van der Waals surface area contributed by atoms with Crippen molar-refractivity contribution in [3.8, 4) is 0 Å². The SMILES string of the molecule is CCCC[NH2+][C@H]1CS(=O)(=O)C[C@H]1O. The maximum Gasteiger partial charge on any atom is 0.159 e. The number of hydrogen-bond donors (Lipinski definition) is 2. The summed E-state index contributed by atoms with van der Waals surface area (Å²) in [7, 11) is -2.96. The smallest absolute Gasteiger partial charge is 0.159 e. The molecule has 1 rings (SSSR count). The van der Waals surface area contributed by atoms with Gasteiger partial charge in [0, 0.05) is 0 Å². The van der Waals surface area contributed by atoms with Crippen LogP contribution in [0.3, 0.4) is 0 Å². The minimum Gasteiger partial charge on any atom is -0.386 e. The second-order valence-corrected chi connectivity index (χ2v) is 5.84. The topological polar surface area (TPSA) is 71.0 Å². The van der Waals surface area contributed by atoms with Gasteiger partial charge in [-0.2, -0.15) is 0 Å². The van der Waals surface area contributed by atoms with E-state index in [4.69, 9.17) is 0 Å². The van der Waals surface area contributed by atoms with Crippen molar-refractivity contribution >= 4 is 9.84 Å². The summed E-state index contributed by atoms with van der Waals surface area (Å²) < 4.78 is 22.2. The van der Waals surface area contributed by atoms with E-state index in [0.717, 1.165) is 19.4 Å². The molecule has 4 nitrogen and oxygen atoms in total. The monoisotopic (exact) mass is 208 g/mol. The third-order valence-corrected chi connectivity index (χ3v) is 4.13. The summed E-state index contributed by atoms with van der Waals surface area (Å²) in [6.45, 7) is 3.00. The molecule has 0 bridgehead atoms. The van der Waals surface area contributed by atoms with E-state index in [1.165, 1.54) is 0 Å². The van der Waals surface area contributed by atoms with Crippen LogP contribution in [-0.4, -0.2) is 43.7 Å². The molecule has 1 fully saturated rings. The molecule has 1 saturated heterocycles. The molecule has 5 heteroatoms. The lowest BCUT2D eigenvalue weighted by atomic mass is 10.2. The molecule has 13 heavy (non-hydrogen) atoms. The Hall–Kier alpha value is -0.130. The molecular weight excluding hydrogens is 190 g/mol. The summed E-state index contributed by atoms with van der Waals surface area (Å²) >= 11 is 0. The van der Waals surface area contributed by atoms with Gasteiger partial charge in [-0.1, -0.05) is 13.3 Å². The van der Waals surface area contributed by atoms with Crippen molar-refractivity contribution < 1.29 is 18.8 Å². The van der Waals surface area contributed by atoms with Crippen LogP contribution in [0.4, 0.5) is 0 Å². The van der Waals surface area contributed by atoms with Crippen LogP contribution in [0.15, 0.2) is 0 Å². The van der Waals surface area contributed by atoms with Crippen molar-refractivity contribution in [2.24, 2.45) is 0 Å². The van der Waals surface area contributed by atoms with Crippen LogP contribution in [0.5, 0.6) is 0 Å². The maximum absolute atomic E-state index is 11.1. The first-order valence-corrected chi connectivity index (χ1v) is 6.59. The Kier molecular flexibility index (Phi) is 3.70. The summed E-state index contributed by atoms with van der Waals surface area (Å²) in [5, 5.41) is 11.4. The Morgan fingerprint density at radius 2 is 2.15 bits per heavy atom. The van der Waals surface area contributed by atoms with Crippen LogP contribution in [0.2, 0.25) is 0 Å². The van der Waals surface area contributed by atoms with Gasteiger partial charge in [-0.15, -0.1) is 0 Å². The van der Waals surface area contributed by atoms with Gasteiger partial charge in [-0.05, 0) is 6.42 Å². The summed E-state index contributed by atoms with van der Waals surface area (Å²) in [6, 6.07) is -0.128. The highest BCUT2D eigenvalue weighted by Crippen LogP contribution is 2.08.